The monoisotopic (exact) mass is 427 g/mol. The van der Waals surface area contributed by atoms with Gasteiger partial charge in [0.15, 0.2) is 0 Å². The summed E-state index contributed by atoms with van der Waals surface area (Å²) >= 11 is 3.23. The van der Waals surface area contributed by atoms with Crippen molar-refractivity contribution in [3.8, 4) is 5.88 Å². The van der Waals surface area contributed by atoms with Gasteiger partial charge in [-0.3, -0.25) is 4.98 Å². The van der Waals surface area contributed by atoms with Crippen LogP contribution in [-0.2, 0) is 10.0 Å². The van der Waals surface area contributed by atoms with Crippen molar-refractivity contribution in [1.29, 1.82) is 0 Å². The Labute approximate surface area is 157 Å². The molecule has 0 saturated heterocycles. The molecule has 0 atom stereocenters. The molecular weight excluding hydrogens is 406 g/mol. The Morgan fingerprint density at radius 3 is 2.36 bits per heavy atom. The second-order valence-corrected chi connectivity index (χ2v) is 8.24. The van der Waals surface area contributed by atoms with Crippen LogP contribution >= 0.6 is 15.9 Å². The Morgan fingerprint density at radius 1 is 1.16 bits per heavy atom. The molecule has 0 bridgehead atoms. The van der Waals surface area contributed by atoms with Crippen LogP contribution in [0.15, 0.2) is 52.2 Å². The lowest BCUT2D eigenvalue weighted by Crippen LogP contribution is -2.36. The molecule has 6 nitrogen and oxygen atoms in total. The Morgan fingerprint density at radius 2 is 1.84 bits per heavy atom. The van der Waals surface area contributed by atoms with E-state index in [1.807, 2.05) is 18.2 Å². The molecule has 1 N–H and O–H groups in total. The van der Waals surface area contributed by atoms with Crippen molar-refractivity contribution in [1.82, 2.24) is 14.7 Å². The predicted octanol–water partition coefficient (Wildman–Crippen LogP) is 3.55. The van der Waals surface area contributed by atoms with Crippen molar-refractivity contribution in [2.45, 2.75) is 43.0 Å². The minimum Gasteiger partial charge on any atom is -0.480 e. The fourth-order valence-corrected chi connectivity index (χ4v) is 4.50. The Balaban J connectivity index is 0.000000316. The second kappa shape index (κ2) is 9.84. The number of rotatable bonds is 4. The lowest BCUT2D eigenvalue weighted by Gasteiger charge is -2.22. The van der Waals surface area contributed by atoms with Gasteiger partial charge in [0.2, 0.25) is 15.9 Å². The molecule has 2 aromatic heterocycles. The highest BCUT2D eigenvalue weighted by Crippen LogP contribution is 2.26. The molecule has 1 saturated carbocycles. The molecule has 0 radical (unpaired) electrons. The second-order valence-electron chi connectivity index (χ2n) is 5.64. The first-order valence-corrected chi connectivity index (χ1v) is 10.4. The average molecular weight is 428 g/mol. The van der Waals surface area contributed by atoms with Gasteiger partial charge in [-0.2, -0.15) is 0 Å². The number of nitrogens with zero attached hydrogens (tertiary/aromatic N) is 2. The van der Waals surface area contributed by atoms with Crippen LogP contribution in [0.4, 0.5) is 0 Å². The van der Waals surface area contributed by atoms with Crippen LogP contribution in [0.3, 0.4) is 0 Å². The van der Waals surface area contributed by atoms with Gasteiger partial charge in [0.25, 0.3) is 0 Å². The van der Waals surface area contributed by atoms with Gasteiger partial charge in [-0.1, -0.05) is 25.3 Å². The maximum atomic E-state index is 12.4. The lowest BCUT2D eigenvalue weighted by atomic mass is 9.96. The number of sulfonamides is 1. The summed E-state index contributed by atoms with van der Waals surface area (Å²) in [7, 11) is -2.18. The van der Waals surface area contributed by atoms with Crippen molar-refractivity contribution in [2.75, 3.05) is 7.11 Å². The van der Waals surface area contributed by atoms with Gasteiger partial charge < -0.3 is 4.74 Å². The molecule has 25 heavy (non-hydrogen) atoms. The number of hydrogen-bond acceptors (Lipinski definition) is 5. The largest absolute Gasteiger partial charge is 0.480 e. The molecule has 1 aliphatic carbocycles. The van der Waals surface area contributed by atoms with Gasteiger partial charge in [0.1, 0.15) is 4.90 Å². The molecule has 3 rings (SSSR count). The van der Waals surface area contributed by atoms with Crippen LogP contribution in [0.2, 0.25) is 0 Å². The molecule has 0 aromatic carbocycles. The summed E-state index contributed by atoms with van der Waals surface area (Å²) in [6.45, 7) is 0. The number of methoxy groups -OCH3 is 1. The van der Waals surface area contributed by atoms with Crippen LogP contribution in [-0.4, -0.2) is 31.5 Å². The summed E-state index contributed by atoms with van der Waals surface area (Å²) in [5.74, 6) is 0.117. The number of nitrogens with one attached hydrogen (secondary N) is 1. The van der Waals surface area contributed by atoms with E-state index in [1.54, 1.807) is 12.4 Å². The number of hydrogen-bond donors (Lipinski definition) is 1. The first-order valence-electron chi connectivity index (χ1n) is 8.10. The quantitative estimate of drug-likeness (QED) is 0.806. The van der Waals surface area contributed by atoms with E-state index in [0.717, 1.165) is 25.7 Å². The smallest absolute Gasteiger partial charge is 0.246 e. The molecule has 0 aliphatic heterocycles. The van der Waals surface area contributed by atoms with E-state index in [4.69, 9.17) is 4.74 Å². The molecule has 0 unspecified atom stereocenters. The maximum Gasteiger partial charge on any atom is 0.246 e. The van der Waals surface area contributed by atoms with Crippen LogP contribution in [0.5, 0.6) is 5.88 Å². The van der Waals surface area contributed by atoms with Crippen molar-refractivity contribution < 1.29 is 13.2 Å². The number of aromatic nitrogens is 2. The van der Waals surface area contributed by atoms with Gasteiger partial charge in [-0.25, -0.2) is 18.1 Å². The number of pyridine rings is 2. The third kappa shape index (κ3) is 6.37. The zero-order valence-corrected chi connectivity index (χ0v) is 16.5. The van der Waals surface area contributed by atoms with Crippen molar-refractivity contribution in [2.24, 2.45) is 0 Å². The van der Waals surface area contributed by atoms with Gasteiger partial charge in [-0.05, 0) is 47.0 Å². The van der Waals surface area contributed by atoms with E-state index in [-0.39, 0.29) is 16.8 Å². The molecule has 0 spiro atoms. The van der Waals surface area contributed by atoms with Gasteiger partial charge in [0.05, 0.1) is 7.11 Å². The van der Waals surface area contributed by atoms with E-state index in [0.29, 0.717) is 4.47 Å². The summed E-state index contributed by atoms with van der Waals surface area (Å²) in [6, 6.07) is 7.24. The Bertz CT molecular complexity index is 724. The van der Waals surface area contributed by atoms with Crippen molar-refractivity contribution in [3.05, 3.63) is 47.3 Å². The number of ether oxygens (including phenoxy) is 1. The Hall–Kier alpha value is -1.51. The Kier molecular flexibility index (Phi) is 7.80. The first-order chi connectivity index (χ1) is 12.0. The van der Waals surface area contributed by atoms with Crippen molar-refractivity contribution >= 4 is 26.0 Å². The fourth-order valence-electron chi connectivity index (χ4n) is 2.57. The number of halogens is 1. The van der Waals surface area contributed by atoms with Crippen LogP contribution in [0.25, 0.3) is 0 Å². The third-order valence-electron chi connectivity index (χ3n) is 3.76. The highest BCUT2D eigenvalue weighted by molar-refractivity contribution is 9.10. The van der Waals surface area contributed by atoms with E-state index in [2.05, 4.69) is 30.6 Å². The molecule has 0 amide bonds. The SMILES string of the molecule is COc1ncc(Br)cc1S(=O)(=O)NC1CCCCC1.c1ccncc1. The summed E-state index contributed by atoms with van der Waals surface area (Å²) in [6.07, 6.45) is 10.1. The minimum atomic E-state index is -3.59. The molecule has 1 aliphatic rings. The maximum absolute atomic E-state index is 12.4. The summed E-state index contributed by atoms with van der Waals surface area (Å²) in [4.78, 5) is 7.83. The highest BCUT2D eigenvalue weighted by Gasteiger charge is 2.25. The molecular formula is C17H22BrN3O3S. The molecule has 8 heteroatoms. The zero-order valence-electron chi connectivity index (χ0n) is 14.1. The van der Waals surface area contributed by atoms with Gasteiger partial charge in [0, 0.05) is 29.1 Å². The van der Waals surface area contributed by atoms with Crippen LogP contribution in [0.1, 0.15) is 32.1 Å². The lowest BCUT2D eigenvalue weighted by molar-refractivity contribution is 0.381. The summed E-state index contributed by atoms with van der Waals surface area (Å²) < 4.78 is 33.1. The molecule has 2 heterocycles. The standard InChI is InChI=1S/C12H17BrN2O3S.C5H5N/c1-18-12-11(7-9(13)8-14-12)19(16,17)15-10-5-3-2-4-6-10;1-2-4-6-5-3-1/h7-8,10,15H,2-6H2,1H3;1-5H. The van der Waals surface area contributed by atoms with E-state index in [9.17, 15) is 8.42 Å². The van der Waals surface area contributed by atoms with E-state index >= 15 is 0 Å². The molecule has 2 aromatic rings. The zero-order chi connectivity index (χ0) is 18.1. The van der Waals surface area contributed by atoms with E-state index in [1.165, 1.54) is 25.8 Å². The summed E-state index contributed by atoms with van der Waals surface area (Å²) in [5, 5.41) is 0. The topological polar surface area (TPSA) is 81.2 Å². The first kappa shape index (κ1) is 19.8. The normalized spacial score (nSPS) is 15.1. The van der Waals surface area contributed by atoms with Gasteiger partial charge >= 0.3 is 0 Å². The minimum absolute atomic E-state index is 0.0161. The van der Waals surface area contributed by atoms with E-state index < -0.39 is 10.0 Å². The third-order valence-corrected chi connectivity index (χ3v) is 5.71. The summed E-state index contributed by atoms with van der Waals surface area (Å²) in [5.41, 5.74) is 0. The fraction of sp³-hybridized carbons (Fsp3) is 0.412. The van der Waals surface area contributed by atoms with Crippen LogP contribution in [0, 0.1) is 0 Å². The predicted molar refractivity (Wildman–Crippen MR) is 99.9 cm³/mol. The van der Waals surface area contributed by atoms with Crippen LogP contribution < -0.4 is 9.46 Å². The molecule has 136 valence electrons. The van der Waals surface area contributed by atoms with Gasteiger partial charge in [-0.15, -0.1) is 0 Å². The molecule has 1 fully saturated rings. The average Bonchev–Trinajstić information content (AvgIpc) is 2.64. The van der Waals surface area contributed by atoms with Crippen molar-refractivity contribution in [3.63, 3.8) is 0 Å². The highest BCUT2D eigenvalue weighted by atomic mass is 79.9.